The van der Waals surface area contributed by atoms with Crippen LogP contribution in [0.4, 0.5) is 0 Å². The van der Waals surface area contributed by atoms with Crippen LogP contribution in [0, 0.1) is 0 Å². The Morgan fingerprint density at radius 2 is 1.68 bits per heavy atom. The van der Waals surface area contributed by atoms with Gasteiger partial charge in [0.05, 0.1) is 6.10 Å². The van der Waals surface area contributed by atoms with Crippen molar-refractivity contribution in [3.8, 4) is 0 Å². The molecule has 3 heteroatoms. The van der Waals surface area contributed by atoms with Crippen molar-refractivity contribution in [1.82, 2.24) is 10.2 Å². The Morgan fingerprint density at radius 1 is 0.895 bits per heavy atom. The summed E-state index contributed by atoms with van der Waals surface area (Å²) in [5, 5.41) is 14.1. The van der Waals surface area contributed by atoms with Crippen LogP contribution < -0.4 is 5.32 Å². The first-order valence-corrected chi connectivity index (χ1v) is 8.52. The zero-order valence-electron chi connectivity index (χ0n) is 12.2. The second-order valence-electron chi connectivity index (χ2n) is 6.85. The molecule has 0 aromatic carbocycles. The van der Waals surface area contributed by atoms with E-state index in [2.05, 4.69) is 10.2 Å². The van der Waals surface area contributed by atoms with Gasteiger partial charge in [0.2, 0.25) is 0 Å². The summed E-state index contributed by atoms with van der Waals surface area (Å²) >= 11 is 0. The predicted octanol–water partition coefficient (Wildman–Crippen LogP) is 2.29. The van der Waals surface area contributed by atoms with Crippen LogP contribution >= 0.6 is 0 Å². The lowest BCUT2D eigenvalue weighted by atomic mass is 10.00. The van der Waals surface area contributed by atoms with Crippen molar-refractivity contribution in [3.63, 3.8) is 0 Å². The molecule has 2 aliphatic carbocycles. The molecule has 3 fully saturated rings. The third kappa shape index (κ3) is 3.71. The maximum Gasteiger partial charge on any atom is 0.0695 e. The molecule has 0 aromatic heterocycles. The summed E-state index contributed by atoms with van der Waals surface area (Å²) < 4.78 is 0. The monoisotopic (exact) mass is 266 g/mol. The van der Waals surface area contributed by atoms with Gasteiger partial charge in [-0.05, 0) is 45.1 Å². The Bertz CT molecular complexity index is 274. The van der Waals surface area contributed by atoms with Crippen LogP contribution in [0.5, 0.6) is 0 Å². The molecule has 1 aliphatic heterocycles. The van der Waals surface area contributed by atoms with Crippen molar-refractivity contribution in [2.24, 2.45) is 0 Å². The van der Waals surface area contributed by atoms with Gasteiger partial charge in [0.15, 0.2) is 0 Å². The number of hydrogen-bond acceptors (Lipinski definition) is 3. The molecule has 0 aromatic rings. The van der Waals surface area contributed by atoms with Gasteiger partial charge in [0.1, 0.15) is 0 Å². The molecule has 3 aliphatic rings. The lowest BCUT2D eigenvalue weighted by molar-refractivity contribution is 0.0321. The van der Waals surface area contributed by atoms with Gasteiger partial charge < -0.3 is 10.4 Å². The molecular weight excluding hydrogens is 236 g/mol. The quantitative estimate of drug-likeness (QED) is 0.766. The van der Waals surface area contributed by atoms with Gasteiger partial charge in [-0.1, -0.05) is 25.7 Å². The molecule has 2 saturated carbocycles. The Kier molecular flexibility index (Phi) is 4.78. The first-order valence-electron chi connectivity index (χ1n) is 8.52. The normalized spacial score (nSPS) is 37.3. The summed E-state index contributed by atoms with van der Waals surface area (Å²) in [6, 6.07) is 1.89. The summed E-state index contributed by atoms with van der Waals surface area (Å²) in [4.78, 5) is 2.68. The standard InChI is InChI=1S/C16H30N2O/c19-16-8-3-1-2-7-15(16)18(14-9-10-14)12-13-6-4-5-11-17-13/h13-17,19H,1-12H2. The van der Waals surface area contributed by atoms with Crippen LogP contribution in [0.25, 0.3) is 0 Å². The zero-order valence-corrected chi connectivity index (χ0v) is 12.2. The third-order valence-electron chi connectivity index (χ3n) is 5.23. The molecular formula is C16H30N2O. The number of rotatable bonds is 4. The van der Waals surface area contributed by atoms with Crippen molar-refractivity contribution in [2.45, 2.75) is 88.4 Å². The topological polar surface area (TPSA) is 35.5 Å². The van der Waals surface area contributed by atoms with E-state index >= 15 is 0 Å². The number of hydrogen-bond donors (Lipinski definition) is 2. The number of nitrogens with zero attached hydrogens (tertiary/aromatic N) is 1. The minimum Gasteiger partial charge on any atom is -0.391 e. The highest BCUT2D eigenvalue weighted by molar-refractivity contribution is 4.94. The van der Waals surface area contributed by atoms with Crippen molar-refractivity contribution < 1.29 is 5.11 Å². The zero-order chi connectivity index (χ0) is 13.1. The smallest absolute Gasteiger partial charge is 0.0695 e. The van der Waals surface area contributed by atoms with E-state index in [0.717, 1.165) is 12.5 Å². The Morgan fingerprint density at radius 3 is 2.42 bits per heavy atom. The summed E-state index contributed by atoms with van der Waals surface area (Å²) in [6.07, 6.45) is 12.8. The second kappa shape index (κ2) is 6.55. The molecule has 3 rings (SSSR count). The van der Waals surface area contributed by atoms with Gasteiger partial charge in [-0.15, -0.1) is 0 Å². The highest BCUT2D eigenvalue weighted by Crippen LogP contribution is 2.34. The SMILES string of the molecule is OC1CCCCCC1N(CC1CCCCN1)C1CC1. The summed E-state index contributed by atoms with van der Waals surface area (Å²) in [5.41, 5.74) is 0. The number of aliphatic hydroxyl groups is 1. The van der Waals surface area contributed by atoms with Crippen LogP contribution in [0.2, 0.25) is 0 Å². The highest BCUT2D eigenvalue weighted by Gasteiger charge is 2.38. The van der Waals surface area contributed by atoms with Crippen LogP contribution in [-0.2, 0) is 0 Å². The third-order valence-corrected chi connectivity index (χ3v) is 5.23. The van der Waals surface area contributed by atoms with Crippen LogP contribution in [0.15, 0.2) is 0 Å². The molecule has 19 heavy (non-hydrogen) atoms. The molecule has 110 valence electrons. The maximum atomic E-state index is 10.5. The van der Waals surface area contributed by atoms with Gasteiger partial charge in [-0.3, -0.25) is 4.90 Å². The molecule has 1 saturated heterocycles. The molecule has 3 nitrogen and oxygen atoms in total. The fourth-order valence-electron chi connectivity index (χ4n) is 3.95. The first-order chi connectivity index (χ1) is 9.34. The van der Waals surface area contributed by atoms with E-state index in [-0.39, 0.29) is 6.10 Å². The maximum absolute atomic E-state index is 10.5. The van der Waals surface area contributed by atoms with Gasteiger partial charge in [-0.2, -0.15) is 0 Å². The van der Waals surface area contributed by atoms with E-state index in [0.29, 0.717) is 12.1 Å². The lowest BCUT2D eigenvalue weighted by Gasteiger charge is -2.38. The molecule has 0 spiro atoms. The van der Waals surface area contributed by atoms with Crippen molar-refractivity contribution in [2.75, 3.05) is 13.1 Å². The Hall–Kier alpha value is -0.120. The molecule has 3 atom stereocenters. The molecule has 3 unspecified atom stereocenters. The van der Waals surface area contributed by atoms with Crippen molar-refractivity contribution >= 4 is 0 Å². The first kappa shape index (κ1) is 13.8. The summed E-state index contributed by atoms with van der Waals surface area (Å²) in [6.45, 7) is 2.36. The van der Waals surface area contributed by atoms with Crippen LogP contribution in [0.1, 0.15) is 64.2 Å². The van der Waals surface area contributed by atoms with Gasteiger partial charge >= 0.3 is 0 Å². The van der Waals surface area contributed by atoms with Crippen LogP contribution in [-0.4, -0.2) is 47.3 Å². The van der Waals surface area contributed by atoms with Crippen LogP contribution in [0.3, 0.4) is 0 Å². The van der Waals surface area contributed by atoms with E-state index in [1.54, 1.807) is 0 Å². The molecule has 0 amide bonds. The largest absolute Gasteiger partial charge is 0.391 e. The van der Waals surface area contributed by atoms with Crippen molar-refractivity contribution in [1.29, 1.82) is 0 Å². The van der Waals surface area contributed by atoms with Gasteiger partial charge in [0, 0.05) is 24.7 Å². The minimum absolute atomic E-state index is 0.0771. The average molecular weight is 266 g/mol. The predicted molar refractivity (Wildman–Crippen MR) is 78.2 cm³/mol. The summed E-state index contributed by atoms with van der Waals surface area (Å²) in [5.74, 6) is 0. The molecule has 2 N–H and O–H groups in total. The minimum atomic E-state index is -0.0771. The number of piperidine rings is 1. The van der Waals surface area contributed by atoms with Gasteiger partial charge in [0.25, 0.3) is 0 Å². The number of aliphatic hydroxyl groups excluding tert-OH is 1. The fraction of sp³-hybridized carbons (Fsp3) is 1.00. The molecule has 0 bridgehead atoms. The van der Waals surface area contributed by atoms with E-state index < -0.39 is 0 Å². The van der Waals surface area contributed by atoms with E-state index in [1.807, 2.05) is 0 Å². The molecule has 0 radical (unpaired) electrons. The van der Waals surface area contributed by atoms with E-state index in [9.17, 15) is 5.11 Å². The molecule has 1 heterocycles. The second-order valence-corrected chi connectivity index (χ2v) is 6.85. The Labute approximate surface area is 117 Å². The Balaban J connectivity index is 1.61. The fourth-order valence-corrected chi connectivity index (χ4v) is 3.95. The lowest BCUT2D eigenvalue weighted by Crippen LogP contribution is -2.51. The van der Waals surface area contributed by atoms with E-state index in [4.69, 9.17) is 0 Å². The van der Waals surface area contributed by atoms with E-state index in [1.165, 1.54) is 70.9 Å². The summed E-state index contributed by atoms with van der Waals surface area (Å²) in [7, 11) is 0. The number of nitrogens with one attached hydrogen (secondary N) is 1. The van der Waals surface area contributed by atoms with Gasteiger partial charge in [-0.25, -0.2) is 0 Å². The highest BCUT2D eigenvalue weighted by atomic mass is 16.3. The van der Waals surface area contributed by atoms with Crippen molar-refractivity contribution in [3.05, 3.63) is 0 Å². The average Bonchev–Trinajstić information content (AvgIpc) is 3.26.